The summed E-state index contributed by atoms with van der Waals surface area (Å²) in [5.41, 5.74) is 0.762. The number of hydrogen-bond acceptors (Lipinski definition) is 2. The van der Waals surface area contributed by atoms with Crippen LogP contribution in [0.2, 0.25) is 0 Å². The fourth-order valence-electron chi connectivity index (χ4n) is 1.47. The molecule has 1 rings (SSSR count). The quantitative estimate of drug-likeness (QED) is 0.423. The smallest absolute Gasteiger partial charge is 0.123 e. The SMILES string of the molecule is C=CCOC(C)(C)C#CCCOCc1ccccc1. The molecule has 1 aromatic carbocycles. The lowest BCUT2D eigenvalue weighted by Crippen LogP contribution is -2.21. The van der Waals surface area contributed by atoms with Gasteiger partial charge in [-0.1, -0.05) is 48.2 Å². The van der Waals surface area contributed by atoms with Gasteiger partial charge in [-0.2, -0.15) is 0 Å². The van der Waals surface area contributed by atoms with E-state index in [-0.39, 0.29) is 0 Å². The van der Waals surface area contributed by atoms with E-state index in [1.54, 1.807) is 6.08 Å². The minimum atomic E-state index is -0.423. The molecule has 0 aromatic heterocycles. The lowest BCUT2D eigenvalue weighted by Gasteiger charge is -2.17. The summed E-state index contributed by atoms with van der Waals surface area (Å²) in [6, 6.07) is 10.1. The zero-order valence-electron chi connectivity index (χ0n) is 11.8. The van der Waals surface area contributed by atoms with Gasteiger partial charge in [-0.25, -0.2) is 0 Å². The van der Waals surface area contributed by atoms with Crippen LogP contribution in [0.15, 0.2) is 43.0 Å². The molecule has 0 aliphatic carbocycles. The third kappa shape index (κ3) is 7.46. The summed E-state index contributed by atoms with van der Waals surface area (Å²) in [7, 11) is 0. The largest absolute Gasteiger partial charge is 0.376 e. The summed E-state index contributed by atoms with van der Waals surface area (Å²) < 4.78 is 11.1. The lowest BCUT2D eigenvalue weighted by molar-refractivity contribution is 0.0469. The van der Waals surface area contributed by atoms with Gasteiger partial charge in [0.2, 0.25) is 0 Å². The highest BCUT2D eigenvalue weighted by Crippen LogP contribution is 2.07. The van der Waals surface area contributed by atoms with Gasteiger partial charge in [0, 0.05) is 6.42 Å². The highest BCUT2D eigenvalue weighted by Gasteiger charge is 2.12. The minimum absolute atomic E-state index is 0.423. The maximum Gasteiger partial charge on any atom is 0.123 e. The summed E-state index contributed by atoms with van der Waals surface area (Å²) in [5.74, 6) is 6.18. The van der Waals surface area contributed by atoms with Crippen LogP contribution >= 0.6 is 0 Å². The average molecular weight is 258 g/mol. The van der Waals surface area contributed by atoms with Crippen molar-refractivity contribution in [1.29, 1.82) is 0 Å². The Morgan fingerprint density at radius 3 is 2.68 bits per heavy atom. The van der Waals surface area contributed by atoms with E-state index in [9.17, 15) is 0 Å². The molecular weight excluding hydrogens is 236 g/mol. The van der Waals surface area contributed by atoms with Gasteiger partial charge in [-0.15, -0.1) is 6.58 Å². The fourth-order valence-corrected chi connectivity index (χ4v) is 1.47. The van der Waals surface area contributed by atoms with Gasteiger partial charge in [0.05, 0.1) is 19.8 Å². The van der Waals surface area contributed by atoms with Gasteiger partial charge in [0.1, 0.15) is 5.60 Å². The van der Waals surface area contributed by atoms with Crippen LogP contribution in [0.3, 0.4) is 0 Å². The molecule has 0 saturated heterocycles. The lowest BCUT2D eigenvalue weighted by atomic mass is 10.1. The van der Waals surface area contributed by atoms with Crippen molar-refractivity contribution in [2.75, 3.05) is 13.2 Å². The maximum absolute atomic E-state index is 5.56. The zero-order chi connectivity index (χ0) is 14.0. The van der Waals surface area contributed by atoms with E-state index in [2.05, 4.69) is 30.6 Å². The molecule has 0 spiro atoms. The first-order valence-corrected chi connectivity index (χ1v) is 6.50. The van der Waals surface area contributed by atoms with Crippen LogP contribution in [0.25, 0.3) is 0 Å². The molecule has 0 amide bonds. The molecule has 0 atom stereocenters. The summed E-state index contributed by atoms with van der Waals surface area (Å²) in [6.07, 6.45) is 2.44. The van der Waals surface area contributed by atoms with E-state index in [1.807, 2.05) is 32.0 Å². The second-order valence-corrected chi connectivity index (χ2v) is 4.70. The van der Waals surface area contributed by atoms with E-state index in [1.165, 1.54) is 5.56 Å². The first kappa shape index (κ1) is 15.5. The van der Waals surface area contributed by atoms with Crippen molar-refractivity contribution >= 4 is 0 Å². The molecule has 0 bridgehead atoms. The molecule has 0 aliphatic heterocycles. The van der Waals surface area contributed by atoms with Crippen LogP contribution in [-0.4, -0.2) is 18.8 Å². The standard InChI is InChI=1S/C17H22O2/c1-4-13-19-17(2,3)12-8-9-14-18-15-16-10-6-5-7-11-16/h4-7,10-11H,1,9,13-15H2,2-3H3. The van der Waals surface area contributed by atoms with Crippen molar-refractivity contribution in [2.24, 2.45) is 0 Å². The molecule has 102 valence electrons. The number of ether oxygens (including phenoxy) is 2. The Morgan fingerprint density at radius 2 is 2.00 bits per heavy atom. The molecule has 2 heteroatoms. The third-order valence-corrected chi connectivity index (χ3v) is 2.43. The van der Waals surface area contributed by atoms with Crippen molar-refractivity contribution < 1.29 is 9.47 Å². The van der Waals surface area contributed by atoms with E-state index in [4.69, 9.17) is 9.47 Å². The Morgan fingerprint density at radius 1 is 1.26 bits per heavy atom. The fraction of sp³-hybridized carbons (Fsp3) is 0.412. The Hall–Kier alpha value is -1.56. The van der Waals surface area contributed by atoms with Crippen molar-refractivity contribution in [3.05, 3.63) is 48.6 Å². The van der Waals surface area contributed by atoms with Gasteiger partial charge < -0.3 is 9.47 Å². The molecule has 0 aliphatic rings. The Kier molecular flexibility index (Phi) is 6.95. The summed E-state index contributed by atoms with van der Waals surface area (Å²) in [5, 5.41) is 0. The molecule has 0 heterocycles. The topological polar surface area (TPSA) is 18.5 Å². The maximum atomic E-state index is 5.56. The summed E-state index contributed by atoms with van der Waals surface area (Å²) in [6.45, 7) is 9.32. The molecule has 0 fully saturated rings. The summed E-state index contributed by atoms with van der Waals surface area (Å²) >= 11 is 0. The molecule has 0 radical (unpaired) electrons. The van der Waals surface area contributed by atoms with Crippen LogP contribution < -0.4 is 0 Å². The van der Waals surface area contributed by atoms with E-state index in [0.717, 1.165) is 0 Å². The highest BCUT2D eigenvalue weighted by molar-refractivity contribution is 5.13. The molecule has 19 heavy (non-hydrogen) atoms. The molecular formula is C17H22O2. The van der Waals surface area contributed by atoms with Crippen LogP contribution in [0.4, 0.5) is 0 Å². The monoisotopic (exact) mass is 258 g/mol. The van der Waals surface area contributed by atoms with Crippen LogP contribution in [0.5, 0.6) is 0 Å². The van der Waals surface area contributed by atoms with Gasteiger partial charge >= 0.3 is 0 Å². The van der Waals surface area contributed by atoms with Crippen molar-refractivity contribution in [2.45, 2.75) is 32.5 Å². The predicted molar refractivity (Wildman–Crippen MR) is 78.7 cm³/mol. The molecule has 0 unspecified atom stereocenters. The van der Waals surface area contributed by atoms with Gasteiger partial charge in [-0.05, 0) is 19.4 Å². The molecule has 0 N–H and O–H groups in total. The van der Waals surface area contributed by atoms with Crippen LogP contribution in [0, 0.1) is 11.8 Å². The Bertz CT molecular complexity index is 424. The first-order chi connectivity index (χ1) is 9.14. The highest BCUT2D eigenvalue weighted by atomic mass is 16.5. The summed E-state index contributed by atoms with van der Waals surface area (Å²) in [4.78, 5) is 0. The normalized spacial score (nSPS) is 10.6. The van der Waals surface area contributed by atoms with Crippen molar-refractivity contribution in [3.8, 4) is 11.8 Å². The zero-order valence-corrected chi connectivity index (χ0v) is 11.8. The number of rotatable bonds is 7. The van der Waals surface area contributed by atoms with Crippen LogP contribution in [-0.2, 0) is 16.1 Å². The molecule has 2 nitrogen and oxygen atoms in total. The molecule has 0 saturated carbocycles. The third-order valence-electron chi connectivity index (χ3n) is 2.43. The molecule has 1 aromatic rings. The van der Waals surface area contributed by atoms with Crippen molar-refractivity contribution in [3.63, 3.8) is 0 Å². The Balaban J connectivity index is 2.19. The number of benzene rings is 1. The van der Waals surface area contributed by atoms with Gasteiger partial charge in [-0.3, -0.25) is 0 Å². The average Bonchev–Trinajstić information content (AvgIpc) is 2.42. The van der Waals surface area contributed by atoms with E-state index < -0.39 is 5.60 Å². The van der Waals surface area contributed by atoms with E-state index >= 15 is 0 Å². The van der Waals surface area contributed by atoms with Crippen LogP contribution in [0.1, 0.15) is 25.8 Å². The predicted octanol–water partition coefficient (Wildman–Crippen LogP) is 3.58. The first-order valence-electron chi connectivity index (χ1n) is 6.50. The second-order valence-electron chi connectivity index (χ2n) is 4.70. The minimum Gasteiger partial charge on any atom is -0.376 e. The number of hydrogen-bond donors (Lipinski definition) is 0. The van der Waals surface area contributed by atoms with Gasteiger partial charge in [0.25, 0.3) is 0 Å². The van der Waals surface area contributed by atoms with E-state index in [0.29, 0.717) is 26.2 Å². The van der Waals surface area contributed by atoms with Crippen molar-refractivity contribution in [1.82, 2.24) is 0 Å². The van der Waals surface area contributed by atoms with Gasteiger partial charge in [0.15, 0.2) is 0 Å². The Labute approximate surface area is 116 Å². The second kappa shape index (κ2) is 8.53.